The third kappa shape index (κ3) is 7.02. The van der Waals surface area contributed by atoms with Gasteiger partial charge in [0, 0.05) is 0 Å². The molecule has 1 rings (SSSR count). The van der Waals surface area contributed by atoms with Crippen LogP contribution in [0, 0.1) is 0 Å². The molecule has 1 aliphatic rings. The van der Waals surface area contributed by atoms with Gasteiger partial charge in [-0.15, -0.1) is 0 Å². The van der Waals surface area contributed by atoms with Gasteiger partial charge >= 0.3 is 184 Å². The molecule has 0 aromatic carbocycles. The monoisotopic (exact) mass is 518 g/mol. The molecular formula is C23H51BO2SiSn. The quantitative estimate of drug-likeness (QED) is 0.230. The van der Waals surface area contributed by atoms with Crippen molar-refractivity contribution < 1.29 is 9.31 Å². The van der Waals surface area contributed by atoms with E-state index in [0.29, 0.717) is 0 Å². The van der Waals surface area contributed by atoms with Crippen LogP contribution in [0.15, 0.2) is 0 Å². The van der Waals surface area contributed by atoms with Crippen LogP contribution in [0.1, 0.15) is 87.0 Å². The normalized spacial score (nSPS) is 20.6. The van der Waals surface area contributed by atoms with Gasteiger partial charge in [0.25, 0.3) is 0 Å². The summed E-state index contributed by atoms with van der Waals surface area (Å²) in [6, 6.07) is 0. The second-order valence-corrected chi connectivity index (χ2v) is 32.6. The third-order valence-electron chi connectivity index (χ3n) is 7.60. The van der Waals surface area contributed by atoms with Crippen molar-refractivity contribution in [2.75, 3.05) is 0 Å². The molecule has 0 aromatic heterocycles. The third-order valence-corrected chi connectivity index (χ3v) is 37.9. The zero-order chi connectivity index (χ0) is 21.6. The van der Waals surface area contributed by atoms with Gasteiger partial charge in [0.15, 0.2) is 0 Å². The maximum absolute atomic E-state index is 6.53. The van der Waals surface area contributed by atoms with E-state index in [1.54, 1.807) is 13.3 Å². The average molecular weight is 517 g/mol. The first-order chi connectivity index (χ1) is 12.8. The second kappa shape index (κ2) is 11.0. The minimum absolute atomic E-state index is 0.00248. The van der Waals surface area contributed by atoms with E-state index < -0.39 is 26.5 Å². The topological polar surface area (TPSA) is 18.5 Å². The molecule has 5 heteroatoms. The van der Waals surface area contributed by atoms with E-state index in [1.165, 1.54) is 44.8 Å². The molecular weight excluding hydrogens is 466 g/mol. The first-order valence-corrected chi connectivity index (χ1v) is 23.5. The fourth-order valence-electron chi connectivity index (χ4n) is 5.26. The van der Waals surface area contributed by atoms with Gasteiger partial charge < -0.3 is 0 Å². The Balaban J connectivity index is 3.21. The first-order valence-electron chi connectivity index (χ1n) is 12.2. The van der Waals surface area contributed by atoms with Crippen LogP contribution < -0.4 is 0 Å². The van der Waals surface area contributed by atoms with Gasteiger partial charge in [-0.1, -0.05) is 0 Å². The van der Waals surface area contributed by atoms with E-state index >= 15 is 0 Å². The van der Waals surface area contributed by atoms with E-state index in [9.17, 15) is 0 Å². The molecule has 1 saturated heterocycles. The Morgan fingerprint density at radius 1 is 0.750 bits per heavy atom. The van der Waals surface area contributed by atoms with E-state index in [0.717, 1.165) is 3.56 Å². The standard InChI is InChI=1S/C11H24BO2Si.3C4H9.Sn/c1-10(2)11(3,4)14-12(13-10)8-9-15(5,6)7;3*1-3-4-2;/h9H,8H2,1-7H3;3*1,3-4H2,2H3;. The summed E-state index contributed by atoms with van der Waals surface area (Å²) in [6.07, 6.45) is 9.59. The van der Waals surface area contributed by atoms with E-state index in [-0.39, 0.29) is 18.3 Å². The zero-order valence-electron chi connectivity index (χ0n) is 21.0. The van der Waals surface area contributed by atoms with E-state index in [1.807, 2.05) is 0 Å². The number of rotatable bonds is 13. The maximum atomic E-state index is 6.53. The summed E-state index contributed by atoms with van der Waals surface area (Å²) in [5.41, 5.74) is -0.397. The predicted octanol–water partition coefficient (Wildman–Crippen LogP) is 8.18. The average Bonchev–Trinajstić information content (AvgIpc) is 2.79. The van der Waals surface area contributed by atoms with Crippen molar-refractivity contribution in [3.05, 3.63) is 0 Å². The van der Waals surface area contributed by atoms with Crippen LogP contribution in [-0.4, -0.2) is 44.8 Å². The van der Waals surface area contributed by atoms with Crippen molar-refractivity contribution in [1.82, 2.24) is 0 Å². The molecule has 0 aromatic rings. The van der Waals surface area contributed by atoms with Gasteiger partial charge in [0.1, 0.15) is 0 Å². The van der Waals surface area contributed by atoms with Crippen LogP contribution in [-0.2, 0) is 9.31 Å². The number of hydrogen-bond acceptors (Lipinski definition) is 2. The molecule has 0 spiro atoms. The molecule has 166 valence electrons. The molecule has 1 fully saturated rings. The predicted molar refractivity (Wildman–Crippen MR) is 133 cm³/mol. The SMILES string of the molecule is CCC[CH2][Sn]([CH2]CCC)([CH2]CCC)[CH](CB1OC(C)(C)C(C)(C)O1)[Si](C)(C)C. The Bertz CT molecular complexity index is 424. The van der Waals surface area contributed by atoms with Crippen LogP contribution in [0.25, 0.3) is 0 Å². The molecule has 1 aliphatic heterocycles. The molecule has 1 unspecified atom stereocenters. The van der Waals surface area contributed by atoms with Gasteiger partial charge in [-0.3, -0.25) is 0 Å². The molecule has 0 N–H and O–H groups in total. The molecule has 0 radical (unpaired) electrons. The van der Waals surface area contributed by atoms with Crippen LogP contribution in [0.5, 0.6) is 0 Å². The van der Waals surface area contributed by atoms with Gasteiger partial charge in [-0.25, -0.2) is 0 Å². The first kappa shape index (κ1) is 27.0. The fourth-order valence-corrected chi connectivity index (χ4v) is 42.8. The van der Waals surface area contributed by atoms with Crippen LogP contribution in [0.4, 0.5) is 0 Å². The Labute approximate surface area is 183 Å². The van der Waals surface area contributed by atoms with Crippen molar-refractivity contribution in [2.45, 2.75) is 141 Å². The molecule has 0 aliphatic carbocycles. The number of hydrogen-bond donors (Lipinski definition) is 0. The molecule has 0 saturated carbocycles. The molecule has 1 heterocycles. The van der Waals surface area contributed by atoms with Crippen molar-refractivity contribution in [2.24, 2.45) is 0 Å². The zero-order valence-corrected chi connectivity index (χ0v) is 24.9. The van der Waals surface area contributed by atoms with Gasteiger partial charge in [0.2, 0.25) is 0 Å². The minimum atomic E-state index is -2.33. The van der Waals surface area contributed by atoms with Gasteiger partial charge in [0.05, 0.1) is 0 Å². The summed E-state index contributed by atoms with van der Waals surface area (Å²) in [7, 11) is -1.30. The summed E-state index contributed by atoms with van der Waals surface area (Å²) >= 11 is -2.33. The molecule has 0 bridgehead atoms. The Morgan fingerprint density at radius 2 is 1.11 bits per heavy atom. The van der Waals surface area contributed by atoms with Crippen molar-refractivity contribution in [3.63, 3.8) is 0 Å². The summed E-state index contributed by atoms with van der Waals surface area (Å²) in [6.45, 7) is 23.9. The van der Waals surface area contributed by atoms with Crippen LogP contribution in [0.3, 0.4) is 0 Å². The van der Waals surface area contributed by atoms with E-state index in [4.69, 9.17) is 9.31 Å². The Hall–Kier alpha value is 1.00. The number of unbranched alkanes of at least 4 members (excludes halogenated alkanes) is 3. The van der Waals surface area contributed by atoms with Crippen LogP contribution in [0.2, 0.25) is 42.8 Å². The fraction of sp³-hybridized carbons (Fsp3) is 1.00. The van der Waals surface area contributed by atoms with Crippen molar-refractivity contribution in [1.29, 1.82) is 0 Å². The molecule has 28 heavy (non-hydrogen) atoms. The van der Waals surface area contributed by atoms with Crippen molar-refractivity contribution in [3.8, 4) is 0 Å². The summed E-state index contributed by atoms with van der Waals surface area (Å²) < 4.78 is 18.8. The molecule has 2 nitrogen and oxygen atoms in total. The summed E-state index contributed by atoms with van der Waals surface area (Å²) in [5, 5.41) is 0. The van der Waals surface area contributed by atoms with Crippen molar-refractivity contribution >= 4 is 33.6 Å². The van der Waals surface area contributed by atoms with Gasteiger partial charge in [-0.05, 0) is 0 Å². The second-order valence-electron chi connectivity index (χ2n) is 11.5. The van der Waals surface area contributed by atoms with Crippen LogP contribution >= 0.6 is 0 Å². The summed E-state index contributed by atoms with van der Waals surface area (Å²) in [4.78, 5) is 0. The molecule has 0 amide bonds. The van der Waals surface area contributed by atoms with E-state index in [2.05, 4.69) is 68.1 Å². The molecule has 1 atom stereocenters. The Morgan fingerprint density at radius 3 is 1.39 bits per heavy atom. The summed E-state index contributed by atoms with van der Waals surface area (Å²) in [5.74, 6) is 0. The van der Waals surface area contributed by atoms with Gasteiger partial charge in [-0.2, -0.15) is 0 Å². The Kier molecular flexibility index (Phi) is 10.7.